The second-order valence-corrected chi connectivity index (χ2v) is 6.52. The van der Waals surface area contributed by atoms with E-state index in [1.807, 2.05) is 7.05 Å². The van der Waals surface area contributed by atoms with E-state index < -0.39 is 0 Å². The third-order valence-electron chi connectivity index (χ3n) is 4.07. The van der Waals surface area contributed by atoms with Gasteiger partial charge >= 0.3 is 0 Å². The fraction of sp³-hybridized carbons (Fsp3) is 0.375. The molecule has 4 nitrogen and oxygen atoms in total. The lowest BCUT2D eigenvalue weighted by Crippen LogP contribution is -1.99. The molecule has 2 aromatic heterocycles. The Hall–Kier alpha value is -1.88. The molecule has 0 radical (unpaired) electrons. The van der Waals surface area contributed by atoms with Gasteiger partial charge < -0.3 is 9.88 Å². The van der Waals surface area contributed by atoms with Crippen LogP contribution in [0.1, 0.15) is 30.1 Å². The molecule has 21 heavy (non-hydrogen) atoms. The van der Waals surface area contributed by atoms with Crippen LogP contribution in [0.15, 0.2) is 18.2 Å². The Morgan fingerprint density at radius 3 is 2.81 bits per heavy atom. The van der Waals surface area contributed by atoms with Crippen molar-refractivity contribution in [3.8, 4) is 11.4 Å². The fourth-order valence-corrected chi connectivity index (χ4v) is 3.63. The Kier molecular flexibility index (Phi) is 2.79. The van der Waals surface area contributed by atoms with Crippen molar-refractivity contribution in [1.29, 1.82) is 0 Å². The Balaban J connectivity index is 2.03. The van der Waals surface area contributed by atoms with Crippen molar-refractivity contribution < 1.29 is 0 Å². The van der Waals surface area contributed by atoms with Gasteiger partial charge in [0, 0.05) is 13.1 Å². The molecule has 0 bridgehead atoms. The summed E-state index contributed by atoms with van der Waals surface area (Å²) < 4.78 is 6.91. The van der Waals surface area contributed by atoms with Crippen LogP contribution in [-0.2, 0) is 0 Å². The summed E-state index contributed by atoms with van der Waals surface area (Å²) in [6.45, 7) is 4.18. The number of hydrogen-bond acceptors (Lipinski definition) is 4. The molecule has 0 amide bonds. The number of aromatic nitrogens is 3. The molecule has 1 aliphatic rings. The minimum Gasteiger partial charge on any atom is -0.378 e. The van der Waals surface area contributed by atoms with Gasteiger partial charge in [-0.15, -0.1) is 0 Å². The minimum atomic E-state index is 0.594. The molecule has 108 valence electrons. The molecule has 4 rings (SSSR count). The van der Waals surface area contributed by atoms with Crippen LogP contribution in [0, 0.1) is 13.8 Å². The maximum atomic E-state index is 4.94. The molecule has 1 aliphatic carbocycles. The second kappa shape index (κ2) is 4.56. The molecule has 1 aromatic carbocycles. The van der Waals surface area contributed by atoms with Gasteiger partial charge in [-0.2, -0.15) is 4.37 Å². The third kappa shape index (κ3) is 1.95. The summed E-state index contributed by atoms with van der Waals surface area (Å²) in [5.41, 5.74) is 5.79. The summed E-state index contributed by atoms with van der Waals surface area (Å²) in [6, 6.07) is 7.14. The molecule has 0 atom stereocenters. The first-order valence-corrected chi connectivity index (χ1v) is 8.09. The minimum absolute atomic E-state index is 0.594. The van der Waals surface area contributed by atoms with Crippen LogP contribution >= 0.6 is 11.5 Å². The Morgan fingerprint density at radius 1 is 1.29 bits per heavy atom. The summed E-state index contributed by atoms with van der Waals surface area (Å²) in [5.74, 6) is 1.06. The van der Waals surface area contributed by atoms with Crippen molar-refractivity contribution >= 4 is 27.6 Å². The smallest absolute Gasteiger partial charge is 0.146 e. The van der Waals surface area contributed by atoms with Crippen molar-refractivity contribution in [1.82, 2.24) is 13.9 Å². The van der Waals surface area contributed by atoms with Crippen LogP contribution in [0.2, 0.25) is 0 Å². The van der Waals surface area contributed by atoms with Crippen molar-refractivity contribution in [2.45, 2.75) is 32.7 Å². The van der Waals surface area contributed by atoms with E-state index in [1.165, 1.54) is 35.5 Å². The van der Waals surface area contributed by atoms with Crippen LogP contribution < -0.4 is 5.32 Å². The molecule has 0 spiro atoms. The topological polar surface area (TPSA) is 42.7 Å². The number of hydrogen-bond donors (Lipinski definition) is 1. The normalized spacial score (nSPS) is 14.8. The van der Waals surface area contributed by atoms with Gasteiger partial charge in [0.2, 0.25) is 0 Å². The van der Waals surface area contributed by atoms with E-state index >= 15 is 0 Å². The number of fused-ring (bicyclic) bond motifs is 1. The van der Waals surface area contributed by atoms with Gasteiger partial charge in [-0.3, -0.25) is 0 Å². The monoisotopic (exact) mass is 298 g/mol. The molecule has 0 saturated heterocycles. The van der Waals surface area contributed by atoms with Crippen molar-refractivity contribution in [3.05, 3.63) is 29.5 Å². The maximum Gasteiger partial charge on any atom is 0.146 e. The van der Waals surface area contributed by atoms with Gasteiger partial charge in [0.15, 0.2) is 0 Å². The number of nitrogens with one attached hydrogen (secondary N) is 1. The molecule has 1 N–H and O–H groups in total. The SMILES string of the molecule is CNc1snc(C)c1-c1nc2cc(C)ccc2n1C1CC1. The molecule has 3 aromatic rings. The van der Waals surface area contributed by atoms with E-state index in [1.54, 1.807) is 0 Å². The quantitative estimate of drug-likeness (QED) is 0.789. The van der Waals surface area contributed by atoms with Gasteiger partial charge in [0.05, 0.1) is 22.3 Å². The summed E-state index contributed by atoms with van der Waals surface area (Å²) in [5, 5.41) is 4.36. The zero-order valence-corrected chi connectivity index (χ0v) is 13.3. The summed E-state index contributed by atoms with van der Waals surface area (Å²) >= 11 is 1.51. The van der Waals surface area contributed by atoms with Gasteiger partial charge in [-0.25, -0.2) is 4.98 Å². The first-order chi connectivity index (χ1) is 10.2. The van der Waals surface area contributed by atoms with Crippen molar-refractivity contribution in [2.24, 2.45) is 0 Å². The first kappa shape index (κ1) is 12.8. The number of anilines is 1. The summed E-state index contributed by atoms with van der Waals surface area (Å²) in [7, 11) is 1.95. The second-order valence-electron chi connectivity index (χ2n) is 5.75. The number of rotatable bonds is 3. The van der Waals surface area contributed by atoms with E-state index in [2.05, 4.69) is 46.3 Å². The number of nitrogens with zero attached hydrogens (tertiary/aromatic N) is 3. The van der Waals surface area contributed by atoms with E-state index in [4.69, 9.17) is 4.98 Å². The average molecular weight is 298 g/mol. The Bertz CT molecular complexity index is 826. The first-order valence-electron chi connectivity index (χ1n) is 7.32. The Morgan fingerprint density at radius 2 is 2.10 bits per heavy atom. The lowest BCUT2D eigenvalue weighted by molar-refractivity contribution is 0.775. The van der Waals surface area contributed by atoms with E-state index in [0.717, 1.165) is 27.6 Å². The number of benzene rings is 1. The van der Waals surface area contributed by atoms with E-state index in [9.17, 15) is 0 Å². The third-order valence-corrected chi connectivity index (χ3v) is 5.03. The van der Waals surface area contributed by atoms with Crippen LogP contribution in [0.4, 0.5) is 5.00 Å². The molecule has 0 unspecified atom stereocenters. The lowest BCUT2D eigenvalue weighted by Gasteiger charge is -2.08. The van der Waals surface area contributed by atoms with Crippen LogP contribution in [0.5, 0.6) is 0 Å². The highest BCUT2D eigenvalue weighted by Gasteiger charge is 2.30. The molecular formula is C16H18N4S. The zero-order chi connectivity index (χ0) is 14.6. The standard InChI is InChI=1S/C16H18N4S/c1-9-4-7-13-12(8-9)18-15(20(13)11-5-6-11)14-10(2)19-21-16(14)17-3/h4,7-8,11,17H,5-6H2,1-3H3. The fourth-order valence-electron chi connectivity index (χ4n) is 2.89. The molecule has 5 heteroatoms. The predicted molar refractivity (Wildman–Crippen MR) is 88.1 cm³/mol. The highest BCUT2D eigenvalue weighted by molar-refractivity contribution is 7.10. The van der Waals surface area contributed by atoms with Gasteiger partial charge in [0.25, 0.3) is 0 Å². The summed E-state index contributed by atoms with van der Waals surface area (Å²) in [4.78, 5) is 4.94. The van der Waals surface area contributed by atoms with Crippen LogP contribution in [0.3, 0.4) is 0 Å². The highest BCUT2D eigenvalue weighted by Crippen LogP contribution is 2.44. The van der Waals surface area contributed by atoms with Crippen molar-refractivity contribution in [2.75, 3.05) is 12.4 Å². The van der Waals surface area contributed by atoms with E-state index in [0.29, 0.717) is 6.04 Å². The van der Waals surface area contributed by atoms with Gasteiger partial charge in [-0.1, -0.05) is 6.07 Å². The molecule has 1 fully saturated rings. The van der Waals surface area contributed by atoms with Gasteiger partial charge in [0.1, 0.15) is 10.8 Å². The van der Waals surface area contributed by atoms with Crippen LogP contribution in [0.25, 0.3) is 22.4 Å². The van der Waals surface area contributed by atoms with Crippen LogP contribution in [-0.4, -0.2) is 21.0 Å². The predicted octanol–water partition coefficient (Wildman–Crippen LogP) is 4.15. The summed E-state index contributed by atoms with van der Waals surface area (Å²) in [6.07, 6.45) is 2.50. The number of aryl methyl sites for hydroxylation is 2. The zero-order valence-electron chi connectivity index (χ0n) is 12.5. The largest absolute Gasteiger partial charge is 0.378 e. The Labute approximate surface area is 128 Å². The molecule has 0 aliphatic heterocycles. The highest BCUT2D eigenvalue weighted by atomic mass is 32.1. The number of imidazole rings is 1. The van der Waals surface area contributed by atoms with E-state index in [-0.39, 0.29) is 0 Å². The molecular weight excluding hydrogens is 280 g/mol. The van der Waals surface area contributed by atoms with Crippen molar-refractivity contribution in [3.63, 3.8) is 0 Å². The van der Waals surface area contributed by atoms with Gasteiger partial charge in [-0.05, 0) is 55.9 Å². The average Bonchev–Trinajstić information content (AvgIpc) is 3.14. The lowest BCUT2D eigenvalue weighted by atomic mass is 10.2. The molecule has 1 saturated carbocycles. The maximum absolute atomic E-state index is 4.94. The molecule has 2 heterocycles.